The first kappa shape index (κ1) is 14.5. The molecule has 1 rings (SSSR count). The smallest absolute Gasteiger partial charge is 0.320 e. The van der Waals surface area contributed by atoms with Gasteiger partial charge in [-0.15, -0.1) is 0 Å². The first-order chi connectivity index (χ1) is 8.26. The van der Waals surface area contributed by atoms with Crippen molar-refractivity contribution in [1.82, 2.24) is 9.80 Å². The van der Waals surface area contributed by atoms with Gasteiger partial charge in [0.25, 0.3) is 0 Å². The highest BCUT2D eigenvalue weighted by Crippen LogP contribution is 2.06. The Balaban J connectivity index is 2.23. The van der Waals surface area contributed by atoms with Gasteiger partial charge >= 0.3 is 5.97 Å². The zero-order valence-corrected chi connectivity index (χ0v) is 11.3. The molecule has 0 N–H and O–H groups in total. The molecule has 1 fully saturated rings. The van der Waals surface area contributed by atoms with Gasteiger partial charge in [0.15, 0.2) is 0 Å². The molecule has 0 atom stereocenters. The van der Waals surface area contributed by atoms with E-state index in [-0.39, 0.29) is 5.97 Å². The van der Waals surface area contributed by atoms with E-state index < -0.39 is 0 Å². The topological polar surface area (TPSA) is 32.8 Å². The second-order valence-corrected chi connectivity index (χ2v) is 4.63. The lowest BCUT2D eigenvalue weighted by Gasteiger charge is -2.23. The Morgan fingerprint density at radius 3 is 2.53 bits per heavy atom. The molecular weight excluding hydrogens is 216 g/mol. The summed E-state index contributed by atoms with van der Waals surface area (Å²) in [5, 5.41) is 0. The molecule has 4 nitrogen and oxygen atoms in total. The normalized spacial score (nSPS) is 16.6. The van der Waals surface area contributed by atoms with Crippen molar-refractivity contribution in [1.29, 1.82) is 0 Å². The molecule has 0 aromatic heterocycles. The maximum atomic E-state index is 11.4. The molecule has 1 saturated heterocycles. The molecule has 0 amide bonds. The van der Waals surface area contributed by atoms with Crippen LogP contribution in [0.5, 0.6) is 0 Å². The Kier molecular flexibility index (Phi) is 7.21. The quantitative estimate of drug-likeness (QED) is 0.602. The molecular formula is C13H26N2O2. The number of rotatable bonds is 8. The number of esters is 1. The van der Waals surface area contributed by atoms with Gasteiger partial charge in [-0.2, -0.15) is 0 Å². The van der Waals surface area contributed by atoms with Crippen molar-refractivity contribution in [3.05, 3.63) is 0 Å². The Morgan fingerprint density at radius 2 is 1.94 bits per heavy atom. The zero-order valence-electron chi connectivity index (χ0n) is 11.3. The maximum absolute atomic E-state index is 11.4. The Bertz CT molecular complexity index is 215. The summed E-state index contributed by atoms with van der Waals surface area (Å²) in [4.78, 5) is 16.1. The second kappa shape index (κ2) is 8.48. The van der Waals surface area contributed by atoms with Gasteiger partial charge in [0, 0.05) is 13.1 Å². The van der Waals surface area contributed by atoms with E-state index in [1.54, 1.807) is 0 Å². The summed E-state index contributed by atoms with van der Waals surface area (Å²) in [7, 11) is 0. The van der Waals surface area contributed by atoms with Crippen LogP contribution in [0.4, 0.5) is 0 Å². The molecule has 4 heteroatoms. The van der Waals surface area contributed by atoms with Crippen LogP contribution in [0.15, 0.2) is 0 Å². The lowest BCUT2D eigenvalue weighted by molar-refractivity contribution is -0.144. The summed E-state index contributed by atoms with van der Waals surface area (Å²) in [5.74, 6) is -0.0950. The number of likely N-dealkylation sites (tertiary alicyclic amines) is 1. The van der Waals surface area contributed by atoms with Crippen LogP contribution in [0.1, 0.15) is 33.1 Å². The highest BCUT2D eigenvalue weighted by atomic mass is 16.5. The summed E-state index contributed by atoms with van der Waals surface area (Å²) >= 11 is 0. The molecule has 1 aliphatic heterocycles. The molecule has 100 valence electrons. The fourth-order valence-electron chi connectivity index (χ4n) is 2.26. The molecule has 0 aromatic rings. The lowest BCUT2D eigenvalue weighted by atomic mass is 10.3. The van der Waals surface area contributed by atoms with Crippen LogP contribution in [0.3, 0.4) is 0 Å². The molecule has 0 saturated carbocycles. The van der Waals surface area contributed by atoms with Gasteiger partial charge in [0.2, 0.25) is 0 Å². The average Bonchev–Trinajstić information content (AvgIpc) is 2.79. The van der Waals surface area contributed by atoms with Crippen molar-refractivity contribution in [2.24, 2.45) is 0 Å². The van der Waals surface area contributed by atoms with Crippen molar-refractivity contribution in [3.63, 3.8) is 0 Å². The van der Waals surface area contributed by atoms with E-state index in [0.29, 0.717) is 13.2 Å². The first-order valence-electron chi connectivity index (χ1n) is 6.86. The van der Waals surface area contributed by atoms with Crippen molar-refractivity contribution in [2.45, 2.75) is 33.1 Å². The summed E-state index contributed by atoms with van der Waals surface area (Å²) in [6, 6.07) is 0. The third-order valence-electron chi connectivity index (χ3n) is 3.13. The molecule has 17 heavy (non-hydrogen) atoms. The molecule has 0 bridgehead atoms. The van der Waals surface area contributed by atoms with Gasteiger partial charge in [0.05, 0.1) is 13.2 Å². The Morgan fingerprint density at radius 1 is 1.24 bits per heavy atom. The van der Waals surface area contributed by atoms with Crippen molar-refractivity contribution in [3.8, 4) is 0 Å². The van der Waals surface area contributed by atoms with Gasteiger partial charge < -0.3 is 9.64 Å². The maximum Gasteiger partial charge on any atom is 0.320 e. The number of carbonyl (C=O) groups is 1. The van der Waals surface area contributed by atoms with E-state index in [9.17, 15) is 4.79 Å². The standard InChI is InChI=1S/C13H26N2O2/c1-3-7-15(12-13(16)17-4-2)11-10-14-8-5-6-9-14/h3-12H2,1-2H3. The number of hydrogen-bond acceptors (Lipinski definition) is 4. The average molecular weight is 242 g/mol. The minimum absolute atomic E-state index is 0.0950. The fraction of sp³-hybridized carbons (Fsp3) is 0.923. The van der Waals surface area contributed by atoms with Crippen LogP contribution in [0.2, 0.25) is 0 Å². The van der Waals surface area contributed by atoms with Gasteiger partial charge in [-0.05, 0) is 45.8 Å². The van der Waals surface area contributed by atoms with Crippen molar-refractivity contribution < 1.29 is 9.53 Å². The minimum Gasteiger partial charge on any atom is -0.465 e. The molecule has 0 aliphatic carbocycles. The van der Waals surface area contributed by atoms with Crippen LogP contribution in [-0.2, 0) is 9.53 Å². The summed E-state index contributed by atoms with van der Waals surface area (Å²) in [6.07, 6.45) is 3.73. The molecule has 0 aromatic carbocycles. The van der Waals surface area contributed by atoms with Crippen LogP contribution in [-0.4, -0.2) is 61.6 Å². The van der Waals surface area contributed by atoms with Crippen LogP contribution >= 0.6 is 0 Å². The van der Waals surface area contributed by atoms with Gasteiger partial charge in [-0.1, -0.05) is 6.92 Å². The largest absolute Gasteiger partial charge is 0.465 e. The summed E-state index contributed by atoms with van der Waals surface area (Å²) < 4.78 is 5.00. The summed E-state index contributed by atoms with van der Waals surface area (Å²) in [6.45, 7) is 10.4. The summed E-state index contributed by atoms with van der Waals surface area (Å²) in [5.41, 5.74) is 0. The number of ether oxygens (including phenoxy) is 1. The highest BCUT2D eigenvalue weighted by molar-refractivity contribution is 5.71. The molecule has 0 radical (unpaired) electrons. The van der Waals surface area contributed by atoms with E-state index >= 15 is 0 Å². The van der Waals surface area contributed by atoms with E-state index in [4.69, 9.17) is 4.74 Å². The second-order valence-electron chi connectivity index (χ2n) is 4.63. The SMILES string of the molecule is CCCN(CCN1CCCC1)CC(=O)OCC. The number of hydrogen-bond donors (Lipinski definition) is 0. The number of carbonyl (C=O) groups excluding carboxylic acids is 1. The Labute approximate surface area is 105 Å². The fourth-order valence-corrected chi connectivity index (χ4v) is 2.26. The highest BCUT2D eigenvalue weighted by Gasteiger charge is 2.15. The number of nitrogens with zero attached hydrogens (tertiary/aromatic N) is 2. The molecule has 1 heterocycles. The molecule has 0 spiro atoms. The lowest BCUT2D eigenvalue weighted by Crippen LogP contribution is -2.38. The Hall–Kier alpha value is -0.610. The third kappa shape index (κ3) is 6.03. The van der Waals surface area contributed by atoms with E-state index in [0.717, 1.165) is 26.1 Å². The first-order valence-corrected chi connectivity index (χ1v) is 6.86. The molecule has 0 unspecified atom stereocenters. The van der Waals surface area contributed by atoms with Gasteiger partial charge in [-0.3, -0.25) is 9.69 Å². The van der Waals surface area contributed by atoms with Crippen LogP contribution in [0.25, 0.3) is 0 Å². The van der Waals surface area contributed by atoms with E-state index in [1.165, 1.54) is 25.9 Å². The van der Waals surface area contributed by atoms with E-state index in [1.807, 2.05) is 6.92 Å². The monoisotopic (exact) mass is 242 g/mol. The van der Waals surface area contributed by atoms with Crippen molar-refractivity contribution in [2.75, 3.05) is 45.9 Å². The third-order valence-corrected chi connectivity index (χ3v) is 3.13. The van der Waals surface area contributed by atoms with Crippen molar-refractivity contribution >= 4 is 5.97 Å². The zero-order chi connectivity index (χ0) is 12.5. The predicted octanol–water partition coefficient (Wildman–Crippen LogP) is 1.36. The van der Waals surface area contributed by atoms with E-state index in [2.05, 4.69) is 16.7 Å². The van der Waals surface area contributed by atoms with Gasteiger partial charge in [-0.25, -0.2) is 0 Å². The van der Waals surface area contributed by atoms with Gasteiger partial charge in [0.1, 0.15) is 0 Å². The predicted molar refractivity (Wildman–Crippen MR) is 69.0 cm³/mol. The minimum atomic E-state index is -0.0950. The molecule has 1 aliphatic rings. The van der Waals surface area contributed by atoms with Crippen LogP contribution < -0.4 is 0 Å². The van der Waals surface area contributed by atoms with Crippen LogP contribution in [0, 0.1) is 0 Å².